The van der Waals surface area contributed by atoms with Gasteiger partial charge in [0.05, 0.1) is 18.0 Å². The Hall–Kier alpha value is -4.27. The molecule has 1 atom stereocenters. The van der Waals surface area contributed by atoms with Gasteiger partial charge in [-0.05, 0) is 74.1 Å². The zero-order valence-corrected chi connectivity index (χ0v) is 20.3. The van der Waals surface area contributed by atoms with Crippen molar-refractivity contribution in [3.8, 4) is 22.8 Å². The molecule has 188 valence electrons. The van der Waals surface area contributed by atoms with E-state index in [0.717, 1.165) is 37.0 Å². The molecule has 9 heteroatoms. The molecule has 1 saturated heterocycles. The van der Waals surface area contributed by atoms with Gasteiger partial charge in [-0.3, -0.25) is 4.79 Å². The third-order valence-corrected chi connectivity index (χ3v) is 6.90. The molecule has 8 nitrogen and oxygen atoms in total. The summed E-state index contributed by atoms with van der Waals surface area (Å²) in [4.78, 5) is 23.1. The number of hydrogen-bond acceptors (Lipinski definition) is 6. The van der Waals surface area contributed by atoms with Crippen LogP contribution in [0.4, 0.5) is 10.2 Å². The standard InChI is InChI=1S/C28H27FN6O2/c29-23(15-18-8-9-18)28(36)34-14-4-5-20(34)16-35-27-24(26(30)31-17-32-27)25(33-35)19-10-12-22(13-11-19)37-21-6-2-1-3-7-21/h1-3,6-7,10-13,15,17-18,20H,4-5,8-9,14,16H2,(H2,30,31,32)/b23-15+/t20-/m1/s1. The molecule has 3 heterocycles. The molecular formula is C28H27FN6O2. The molecule has 1 saturated carbocycles. The van der Waals surface area contributed by atoms with Gasteiger partial charge in [0.15, 0.2) is 11.5 Å². The molecule has 2 N–H and O–H groups in total. The molecular weight excluding hydrogens is 471 g/mol. The third kappa shape index (κ3) is 4.76. The average Bonchev–Trinajstić information content (AvgIpc) is 3.47. The minimum absolute atomic E-state index is 0.181. The molecule has 2 fully saturated rings. The molecule has 2 aromatic heterocycles. The van der Waals surface area contributed by atoms with E-state index in [1.807, 2.05) is 54.6 Å². The summed E-state index contributed by atoms with van der Waals surface area (Å²) in [7, 11) is 0. The summed E-state index contributed by atoms with van der Waals surface area (Å²) < 4.78 is 22.2. The lowest BCUT2D eigenvalue weighted by atomic mass is 10.1. The van der Waals surface area contributed by atoms with Crippen LogP contribution in [-0.2, 0) is 11.3 Å². The van der Waals surface area contributed by atoms with Gasteiger partial charge < -0.3 is 15.4 Å². The van der Waals surface area contributed by atoms with E-state index in [0.29, 0.717) is 41.4 Å². The number of carbonyl (C=O) groups is 1. The number of likely N-dealkylation sites (tertiary alicyclic amines) is 1. The summed E-state index contributed by atoms with van der Waals surface area (Å²) in [5.41, 5.74) is 8.33. The Bertz CT molecular complexity index is 1460. The number of hydrogen-bond donors (Lipinski definition) is 1. The molecule has 1 amide bonds. The topological polar surface area (TPSA) is 99.2 Å². The van der Waals surface area contributed by atoms with Crippen molar-refractivity contribution in [2.75, 3.05) is 12.3 Å². The maximum Gasteiger partial charge on any atom is 0.282 e. The Kier molecular flexibility index (Phi) is 6.04. The fourth-order valence-corrected chi connectivity index (χ4v) is 4.84. The van der Waals surface area contributed by atoms with Crippen LogP contribution in [0.25, 0.3) is 22.3 Å². The summed E-state index contributed by atoms with van der Waals surface area (Å²) >= 11 is 0. The van der Waals surface area contributed by atoms with Crippen LogP contribution in [0.5, 0.6) is 11.5 Å². The number of para-hydroxylation sites is 1. The second-order valence-corrected chi connectivity index (χ2v) is 9.57. The van der Waals surface area contributed by atoms with Crippen LogP contribution in [0.15, 0.2) is 72.8 Å². The maximum atomic E-state index is 14.6. The van der Waals surface area contributed by atoms with Crippen LogP contribution in [0.2, 0.25) is 0 Å². The van der Waals surface area contributed by atoms with Crippen LogP contribution < -0.4 is 10.5 Å². The monoisotopic (exact) mass is 498 g/mol. The predicted molar refractivity (Wildman–Crippen MR) is 138 cm³/mol. The van der Waals surface area contributed by atoms with E-state index >= 15 is 0 Å². The second-order valence-electron chi connectivity index (χ2n) is 9.57. The predicted octanol–water partition coefficient (Wildman–Crippen LogP) is 5.12. The smallest absolute Gasteiger partial charge is 0.282 e. The molecule has 2 aliphatic rings. The molecule has 37 heavy (non-hydrogen) atoms. The molecule has 4 aromatic rings. The first-order valence-electron chi connectivity index (χ1n) is 12.6. The van der Waals surface area contributed by atoms with E-state index < -0.39 is 11.7 Å². The van der Waals surface area contributed by atoms with E-state index in [1.165, 1.54) is 12.4 Å². The van der Waals surface area contributed by atoms with Crippen molar-refractivity contribution in [3.63, 3.8) is 0 Å². The Labute approximate surface area is 213 Å². The third-order valence-electron chi connectivity index (χ3n) is 6.90. The van der Waals surface area contributed by atoms with Gasteiger partial charge in [-0.25, -0.2) is 19.0 Å². The molecule has 0 spiro atoms. The largest absolute Gasteiger partial charge is 0.457 e. The normalized spacial score (nSPS) is 17.9. The summed E-state index contributed by atoms with van der Waals surface area (Å²) in [5, 5.41) is 5.49. The Morgan fingerprint density at radius 1 is 1.05 bits per heavy atom. The van der Waals surface area contributed by atoms with Gasteiger partial charge in [0.2, 0.25) is 0 Å². The number of nitrogen functional groups attached to an aromatic ring is 1. The summed E-state index contributed by atoms with van der Waals surface area (Å²) in [6.45, 7) is 0.923. The lowest BCUT2D eigenvalue weighted by molar-refractivity contribution is -0.129. The summed E-state index contributed by atoms with van der Waals surface area (Å²) in [6.07, 6.45) is 6.37. The summed E-state index contributed by atoms with van der Waals surface area (Å²) in [6, 6.07) is 17.0. The molecule has 0 unspecified atom stereocenters. The zero-order chi connectivity index (χ0) is 25.4. The van der Waals surface area contributed by atoms with Crippen molar-refractivity contribution < 1.29 is 13.9 Å². The van der Waals surface area contributed by atoms with E-state index in [9.17, 15) is 9.18 Å². The maximum absolute atomic E-state index is 14.6. The fourth-order valence-electron chi connectivity index (χ4n) is 4.84. The van der Waals surface area contributed by atoms with E-state index in [1.54, 1.807) is 9.58 Å². The number of benzene rings is 2. The van der Waals surface area contributed by atoms with Gasteiger partial charge in [-0.15, -0.1) is 0 Å². The molecule has 0 bridgehead atoms. The van der Waals surface area contributed by atoms with E-state index in [-0.39, 0.29) is 12.0 Å². The molecule has 6 rings (SSSR count). The van der Waals surface area contributed by atoms with E-state index in [2.05, 4.69) is 9.97 Å². The highest BCUT2D eigenvalue weighted by Crippen LogP contribution is 2.34. The Morgan fingerprint density at radius 2 is 1.81 bits per heavy atom. The van der Waals surface area contributed by atoms with Crippen molar-refractivity contribution in [2.45, 2.75) is 38.3 Å². The van der Waals surface area contributed by atoms with Crippen LogP contribution in [0.1, 0.15) is 25.7 Å². The lowest BCUT2D eigenvalue weighted by Gasteiger charge is -2.24. The fraction of sp³-hybridized carbons (Fsp3) is 0.286. The van der Waals surface area contributed by atoms with Crippen LogP contribution in [-0.4, -0.2) is 43.1 Å². The van der Waals surface area contributed by atoms with Crippen molar-refractivity contribution in [2.24, 2.45) is 5.92 Å². The van der Waals surface area contributed by atoms with Crippen molar-refractivity contribution in [3.05, 3.63) is 72.8 Å². The minimum Gasteiger partial charge on any atom is -0.457 e. The number of nitrogens with two attached hydrogens (primary N) is 1. The van der Waals surface area contributed by atoms with E-state index in [4.69, 9.17) is 15.6 Å². The van der Waals surface area contributed by atoms with Gasteiger partial charge in [0.1, 0.15) is 29.3 Å². The van der Waals surface area contributed by atoms with Gasteiger partial charge in [0, 0.05) is 12.1 Å². The second kappa shape index (κ2) is 9.65. The Morgan fingerprint density at radius 3 is 2.57 bits per heavy atom. The van der Waals surface area contributed by atoms with Gasteiger partial charge in [-0.2, -0.15) is 5.10 Å². The van der Waals surface area contributed by atoms with Crippen LogP contribution in [0.3, 0.4) is 0 Å². The van der Waals surface area contributed by atoms with Crippen LogP contribution >= 0.6 is 0 Å². The molecule has 0 radical (unpaired) electrons. The van der Waals surface area contributed by atoms with Gasteiger partial charge in [0.25, 0.3) is 5.91 Å². The number of aromatic nitrogens is 4. The first-order valence-corrected chi connectivity index (χ1v) is 12.6. The number of rotatable bonds is 7. The SMILES string of the molecule is Nc1ncnc2c1c(-c1ccc(Oc3ccccc3)cc1)nn2C[C@H]1CCCN1C(=O)/C(F)=C\C1CC1. The number of allylic oxidation sites excluding steroid dienone is 1. The molecule has 1 aliphatic heterocycles. The Balaban J connectivity index is 1.28. The number of nitrogens with zero attached hydrogens (tertiary/aromatic N) is 5. The number of anilines is 1. The number of fused-ring (bicyclic) bond motifs is 1. The number of ether oxygens (including phenoxy) is 1. The van der Waals surface area contributed by atoms with Gasteiger partial charge >= 0.3 is 0 Å². The van der Waals surface area contributed by atoms with Crippen molar-refractivity contribution >= 4 is 22.8 Å². The minimum atomic E-state index is -0.648. The summed E-state index contributed by atoms with van der Waals surface area (Å²) in [5.74, 6) is 0.797. The van der Waals surface area contributed by atoms with Crippen molar-refractivity contribution in [1.29, 1.82) is 0 Å². The molecule has 1 aliphatic carbocycles. The first kappa shape index (κ1) is 23.1. The highest BCUT2D eigenvalue weighted by atomic mass is 19.1. The number of carbonyl (C=O) groups excluding carboxylic acids is 1. The highest BCUT2D eigenvalue weighted by Gasteiger charge is 2.33. The highest BCUT2D eigenvalue weighted by molar-refractivity contribution is 5.98. The van der Waals surface area contributed by atoms with Crippen molar-refractivity contribution in [1.82, 2.24) is 24.6 Å². The zero-order valence-electron chi connectivity index (χ0n) is 20.3. The average molecular weight is 499 g/mol. The van der Waals surface area contributed by atoms with Crippen LogP contribution in [0, 0.1) is 5.92 Å². The van der Waals surface area contributed by atoms with Gasteiger partial charge in [-0.1, -0.05) is 18.2 Å². The quantitative estimate of drug-likeness (QED) is 0.355. The molecule has 2 aromatic carbocycles. The first-order chi connectivity index (χ1) is 18.1. The lowest BCUT2D eigenvalue weighted by Crippen LogP contribution is -2.38. The number of halogens is 1. The number of amides is 1.